The molecule has 0 aliphatic heterocycles. The number of nitriles is 1. The first-order chi connectivity index (χ1) is 9.10. The molecular weight excluding hydrogens is 330 g/mol. The maximum Gasteiger partial charge on any atom is 0.255 e. The van der Waals surface area contributed by atoms with Crippen LogP contribution in [-0.2, 0) is 0 Å². The van der Waals surface area contributed by atoms with Crippen LogP contribution in [0.2, 0.25) is 5.15 Å². The first-order valence-electron chi connectivity index (χ1n) is 5.22. The Morgan fingerprint density at radius 3 is 2.84 bits per heavy atom. The Kier molecular flexibility index (Phi) is 4.15. The zero-order valence-electron chi connectivity index (χ0n) is 9.52. The molecule has 2 rings (SSSR count). The lowest BCUT2D eigenvalue weighted by molar-refractivity contribution is 0.102. The molecule has 0 saturated carbocycles. The van der Waals surface area contributed by atoms with Crippen molar-refractivity contribution in [2.75, 3.05) is 5.32 Å². The van der Waals surface area contributed by atoms with Gasteiger partial charge in [0.05, 0.1) is 11.3 Å². The molecule has 1 aromatic heterocycles. The third kappa shape index (κ3) is 3.31. The van der Waals surface area contributed by atoms with E-state index in [4.69, 9.17) is 16.9 Å². The molecule has 0 spiro atoms. The van der Waals surface area contributed by atoms with Gasteiger partial charge in [0.25, 0.3) is 5.91 Å². The molecule has 0 bridgehead atoms. The molecule has 0 aliphatic rings. The molecule has 6 heteroatoms. The molecule has 0 fully saturated rings. The maximum atomic E-state index is 12.0. The van der Waals surface area contributed by atoms with Crippen molar-refractivity contribution in [3.8, 4) is 6.07 Å². The second kappa shape index (κ2) is 5.83. The van der Waals surface area contributed by atoms with Gasteiger partial charge in [0.1, 0.15) is 11.2 Å². The van der Waals surface area contributed by atoms with E-state index in [1.54, 1.807) is 24.3 Å². The van der Waals surface area contributed by atoms with Crippen molar-refractivity contribution in [2.24, 2.45) is 0 Å². The quantitative estimate of drug-likeness (QED) is 0.852. The molecule has 0 saturated heterocycles. The van der Waals surface area contributed by atoms with Crippen molar-refractivity contribution in [3.05, 3.63) is 57.3 Å². The highest BCUT2D eigenvalue weighted by Crippen LogP contribution is 2.21. The average Bonchev–Trinajstić information content (AvgIpc) is 2.40. The van der Waals surface area contributed by atoms with Gasteiger partial charge in [-0.25, -0.2) is 4.98 Å². The highest BCUT2D eigenvalue weighted by molar-refractivity contribution is 9.10. The predicted molar refractivity (Wildman–Crippen MR) is 76.1 cm³/mol. The highest BCUT2D eigenvalue weighted by atomic mass is 79.9. The summed E-state index contributed by atoms with van der Waals surface area (Å²) in [6.07, 6.45) is 1.45. The average molecular weight is 337 g/mol. The number of nitrogens with one attached hydrogen (secondary N) is 1. The Balaban J connectivity index is 2.27. The van der Waals surface area contributed by atoms with E-state index in [-0.39, 0.29) is 11.1 Å². The summed E-state index contributed by atoms with van der Waals surface area (Å²) in [7, 11) is 0. The van der Waals surface area contributed by atoms with Crippen molar-refractivity contribution in [2.45, 2.75) is 0 Å². The molecule has 4 nitrogen and oxygen atoms in total. The number of amides is 1. The fourth-order valence-corrected chi connectivity index (χ4v) is 1.99. The van der Waals surface area contributed by atoms with E-state index < -0.39 is 0 Å². The number of halogens is 2. The summed E-state index contributed by atoms with van der Waals surface area (Å²) >= 11 is 8.99. The zero-order valence-corrected chi connectivity index (χ0v) is 11.9. The van der Waals surface area contributed by atoms with Crippen LogP contribution in [0.4, 0.5) is 5.69 Å². The van der Waals surface area contributed by atoms with Crippen LogP contribution < -0.4 is 5.32 Å². The van der Waals surface area contributed by atoms with Crippen LogP contribution in [0.5, 0.6) is 0 Å². The van der Waals surface area contributed by atoms with Crippen LogP contribution in [0.15, 0.2) is 41.0 Å². The number of anilines is 1. The number of aromatic nitrogens is 1. The Hall–Kier alpha value is -1.90. The van der Waals surface area contributed by atoms with Gasteiger partial charge >= 0.3 is 0 Å². The monoisotopic (exact) mass is 335 g/mol. The summed E-state index contributed by atoms with van der Waals surface area (Å²) in [6.45, 7) is 0. The molecule has 1 N–H and O–H groups in total. The second-order valence-corrected chi connectivity index (χ2v) is 4.93. The summed E-state index contributed by atoms with van der Waals surface area (Å²) in [4.78, 5) is 15.8. The van der Waals surface area contributed by atoms with Crippen LogP contribution in [-0.4, -0.2) is 10.9 Å². The van der Waals surface area contributed by atoms with Gasteiger partial charge in [-0.2, -0.15) is 5.26 Å². The molecule has 2 aromatic rings. The van der Waals surface area contributed by atoms with Gasteiger partial charge in [0, 0.05) is 16.2 Å². The number of carbonyl (C=O) groups is 1. The number of hydrogen-bond acceptors (Lipinski definition) is 3. The van der Waals surface area contributed by atoms with E-state index in [1.807, 2.05) is 6.07 Å². The molecule has 0 atom stereocenters. The first-order valence-corrected chi connectivity index (χ1v) is 6.40. The summed E-state index contributed by atoms with van der Waals surface area (Å²) < 4.78 is 0.772. The topological polar surface area (TPSA) is 65.8 Å². The van der Waals surface area contributed by atoms with E-state index in [1.165, 1.54) is 12.3 Å². The molecule has 1 aromatic carbocycles. The third-order valence-corrected chi connectivity index (χ3v) is 3.04. The minimum absolute atomic E-state index is 0.240. The van der Waals surface area contributed by atoms with Gasteiger partial charge in [-0.3, -0.25) is 4.79 Å². The van der Waals surface area contributed by atoms with Gasteiger partial charge in [-0.1, -0.05) is 27.5 Å². The number of hydrogen-bond donors (Lipinski definition) is 1. The van der Waals surface area contributed by atoms with Gasteiger partial charge < -0.3 is 5.32 Å². The zero-order chi connectivity index (χ0) is 13.8. The maximum absolute atomic E-state index is 12.0. The lowest BCUT2D eigenvalue weighted by Crippen LogP contribution is -2.13. The number of pyridine rings is 1. The summed E-state index contributed by atoms with van der Waals surface area (Å²) in [5, 5.41) is 11.9. The molecule has 1 heterocycles. The van der Waals surface area contributed by atoms with E-state index in [9.17, 15) is 4.79 Å². The van der Waals surface area contributed by atoms with E-state index >= 15 is 0 Å². The molecule has 0 aliphatic carbocycles. The molecular formula is C13H7BrClN3O. The minimum atomic E-state index is -0.344. The molecule has 0 unspecified atom stereocenters. The lowest BCUT2D eigenvalue weighted by atomic mass is 10.2. The first kappa shape index (κ1) is 13.5. The van der Waals surface area contributed by atoms with Crippen LogP contribution >= 0.6 is 27.5 Å². The van der Waals surface area contributed by atoms with Crippen molar-refractivity contribution < 1.29 is 4.79 Å². The van der Waals surface area contributed by atoms with Crippen LogP contribution in [0.1, 0.15) is 15.9 Å². The van der Waals surface area contributed by atoms with Crippen LogP contribution in [0, 0.1) is 11.3 Å². The Bertz CT molecular complexity index is 682. The standard InChI is InChI=1S/C13H7BrClN3O/c14-10-1-2-11(9(5-10)7-16)18-13(19)8-3-4-17-12(15)6-8/h1-6H,(H,18,19). The lowest BCUT2D eigenvalue weighted by Gasteiger charge is -2.07. The summed E-state index contributed by atoms with van der Waals surface area (Å²) in [5.41, 5.74) is 1.21. The fraction of sp³-hybridized carbons (Fsp3) is 0. The van der Waals surface area contributed by atoms with Gasteiger partial charge in [0.15, 0.2) is 0 Å². The second-order valence-electron chi connectivity index (χ2n) is 3.62. The summed E-state index contributed by atoms with van der Waals surface area (Å²) in [5.74, 6) is -0.344. The Labute approximate surface area is 123 Å². The van der Waals surface area contributed by atoms with Gasteiger partial charge in [-0.05, 0) is 30.3 Å². The van der Waals surface area contributed by atoms with E-state index in [2.05, 4.69) is 26.2 Å². The van der Waals surface area contributed by atoms with Crippen molar-refractivity contribution in [3.63, 3.8) is 0 Å². The SMILES string of the molecule is N#Cc1cc(Br)ccc1NC(=O)c1ccnc(Cl)c1. The summed E-state index contributed by atoms with van der Waals surface area (Å²) in [6, 6.07) is 10.1. The Morgan fingerprint density at radius 1 is 1.37 bits per heavy atom. The van der Waals surface area contributed by atoms with E-state index in [0.29, 0.717) is 16.8 Å². The smallest absolute Gasteiger partial charge is 0.255 e. The molecule has 1 amide bonds. The minimum Gasteiger partial charge on any atom is -0.321 e. The van der Waals surface area contributed by atoms with Gasteiger partial charge in [-0.15, -0.1) is 0 Å². The normalized spacial score (nSPS) is 9.74. The predicted octanol–water partition coefficient (Wildman–Crippen LogP) is 3.62. The number of rotatable bonds is 2. The van der Waals surface area contributed by atoms with Crippen molar-refractivity contribution in [1.82, 2.24) is 4.98 Å². The highest BCUT2D eigenvalue weighted by Gasteiger charge is 2.10. The number of carbonyl (C=O) groups excluding carboxylic acids is 1. The van der Waals surface area contributed by atoms with Gasteiger partial charge in [0.2, 0.25) is 0 Å². The molecule has 0 radical (unpaired) electrons. The molecule has 94 valence electrons. The van der Waals surface area contributed by atoms with Crippen molar-refractivity contribution >= 4 is 39.1 Å². The van der Waals surface area contributed by atoms with Crippen LogP contribution in [0.3, 0.4) is 0 Å². The van der Waals surface area contributed by atoms with Crippen LogP contribution in [0.25, 0.3) is 0 Å². The number of nitrogens with zero attached hydrogens (tertiary/aromatic N) is 2. The van der Waals surface area contributed by atoms with Crippen molar-refractivity contribution in [1.29, 1.82) is 5.26 Å². The van der Waals surface area contributed by atoms with E-state index in [0.717, 1.165) is 4.47 Å². The Morgan fingerprint density at radius 2 is 2.16 bits per heavy atom. The number of benzene rings is 1. The largest absolute Gasteiger partial charge is 0.321 e. The third-order valence-electron chi connectivity index (χ3n) is 2.34. The molecule has 19 heavy (non-hydrogen) atoms. The fourth-order valence-electron chi connectivity index (χ4n) is 1.46.